The Labute approximate surface area is 590 Å². The quantitative estimate of drug-likeness (QED) is 0.0135. The average molecular weight is 1450 g/mol. The highest BCUT2D eigenvalue weighted by Gasteiger charge is 2.48. The molecule has 101 heavy (non-hydrogen) atoms. The number of nitrogens with two attached hydrogens (primary N) is 1. The Balaban J connectivity index is 0.645. The Morgan fingerprint density at radius 2 is 1.59 bits per heavy atom. The number of thiazole rings is 1. The van der Waals surface area contributed by atoms with Gasteiger partial charge in [-0.05, 0) is 92.9 Å². The number of amides is 5. The van der Waals surface area contributed by atoms with Crippen molar-refractivity contribution in [3.05, 3.63) is 102 Å². The Hall–Kier alpha value is -7.96. The van der Waals surface area contributed by atoms with Crippen molar-refractivity contribution >= 4 is 73.7 Å². The van der Waals surface area contributed by atoms with Crippen molar-refractivity contribution in [2.45, 2.75) is 135 Å². The molecule has 5 fully saturated rings. The molecule has 10 atom stereocenters. The second-order valence-corrected chi connectivity index (χ2v) is 30.7. The minimum atomic E-state index is -5.47. The molecule has 0 spiro atoms. The fourth-order valence-electron chi connectivity index (χ4n) is 14.1. The Bertz CT molecular complexity index is 3990. The predicted molar refractivity (Wildman–Crippen MR) is 374 cm³/mol. The van der Waals surface area contributed by atoms with Gasteiger partial charge in [0.25, 0.3) is 5.88 Å². The van der Waals surface area contributed by atoms with Gasteiger partial charge < -0.3 is 60.0 Å². The number of phosphoric acid groups is 2. The van der Waals surface area contributed by atoms with Crippen molar-refractivity contribution in [1.82, 2.24) is 55.6 Å². The molecule has 6 aromatic rings. The maximum atomic E-state index is 15.0. The first-order valence-electron chi connectivity index (χ1n) is 34.4. The number of pyridine rings is 1. The first-order valence-corrected chi connectivity index (χ1v) is 38.3. The fraction of sp³-hybridized carbons (Fsp3) is 0.529. The number of benzene rings is 2. The van der Waals surface area contributed by atoms with Crippen molar-refractivity contribution in [2.24, 2.45) is 11.8 Å². The van der Waals surface area contributed by atoms with Gasteiger partial charge in [0, 0.05) is 138 Å². The zero-order chi connectivity index (χ0) is 71.7. The summed E-state index contributed by atoms with van der Waals surface area (Å²) in [5.74, 6) is -2.45. The zero-order valence-corrected chi connectivity index (χ0v) is 60.2. The standard InChI is InChI=1S/C68H90N14O16P2S/c1-42(2)63(58-36-61(76-96-58)94-30-27-77-25-26-78(44(4)37-77)28-31-93-60-33-49(21-22-71-60)82-50-19-20-51(82)39-79(38-50)55-35-54(74-75-65(55)69)53-12-9-10-13-57(53)83)68(88)81-40-52(34-56(81)66(86)73-45(5)47-15-17-48(18-16-47)64-46(6)72-41-101-64)97-100(91,92)98-99(89,90)95-29-23-70-59(84)14-8-7-11-24-80-62(85)32-43(3)67(80)87/h9-10,12-13,15-18,21-22,33,35-36,41-45,50-52,56,63,83H,7-8,11,14,19-20,23-32,34,37-40H2,1-6H3,(H2,69,75)(H,70,84)(H,73,86)(H,89,90)(H,91,92)/t43?,44-,45+,50?,51?,52-,56+,63-/m1/s1. The molecule has 5 amide bonds. The Morgan fingerprint density at radius 1 is 0.842 bits per heavy atom. The van der Waals surface area contributed by atoms with E-state index in [0.29, 0.717) is 61.9 Å². The summed E-state index contributed by atoms with van der Waals surface area (Å²) >= 11 is 1.51. The van der Waals surface area contributed by atoms with Gasteiger partial charge in [0.2, 0.25) is 35.4 Å². The maximum absolute atomic E-state index is 15.0. The van der Waals surface area contributed by atoms with Crippen LogP contribution in [0.25, 0.3) is 21.7 Å². The molecule has 0 radical (unpaired) electrons. The number of hydrogen-bond acceptors (Lipinski definition) is 25. The lowest BCUT2D eigenvalue weighted by Crippen LogP contribution is -2.54. The molecule has 0 saturated carbocycles. The predicted octanol–water partition coefficient (Wildman–Crippen LogP) is 7.48. The number of carbonyl (C=O) groups is 5. The third-order valence-corrected chi connectivity index (χ3v) is 23.0. The van der Waals surface area contributed by atoms with Gasteiger partial charge in [-0.1, -0.05) is 63.6 Å². The zero-order valence-electron chi connectivity index (χ0n) is 57.6. The lowest BCUT2D eigenvalue weighted by Gasteiger charge is -2.43. The van der Waals surface area contributed by atoms with Crippen molar-refractivity contribution in [3.63, 3.8) is 0 Å². The molecule has 5 aliphatic heterocycles. The van der Waals surface area contributed by atoms with Crippen LogP contribution in [0, 0.1) is 18.8 Å². The molecule has 5 saturated heterocycles. The first kappa shape index (κ1) is 74.2. The van der Waals surface area contributed by atoms with Crippen LogP contribution in [0.4, 0.5) is 17.2 Å². The summed E-state index contributed by atoms with van der Waals surface area (Å²) in [6.45, 7) is 16.0. The molecule has 2 bridgehead atoms. The van der Waals surface area contributed by atoms with Gasteiger partial charge in [0.05, 0.1) is 46.2 Å². The third kappa shape index (κ3) is 18.6. The van der Waals surface area contributed by atoms with Gasteiger partial charge in [-0.2, -0.15) is 4.31 Å². The number of fused-ring (bicyclic) bond motifs is 2. The van der Waals surface area contributed by atoms with Crippen LogP contribution in [-0.2, 0) is 46.5 Å². The summed E-state index contributed by atoms with van der Waals surface area (Å²) in [6, 6.07) is 21.0. The van der Waals surface area contributed by atoms with Crippen molar-refractivity contribution in [3.8, 4) is 39.2 Å². The summed E-state index contributed by atoms with van der Waals surface area (Å²) in [6.07, 6.45) is 3.97. The summed E-state index contributed by atoms with van der Waals surface area (Å²) in [4.78, 5) is 109. The molecular weight excluding hydrogens is 1360 g/mol. The van der Waals surface area contributed by atoms with Gasteiger partial charge in [-0.15, -0.1) is 21.5 Å². The number of rotatable bonds is 32. The minimum Gasteiger partial charge on any atom is -0.507 e. The minimum absolute atomic E-state index is 0.0903. The third-order valence-electron chi connectivity index (χ3n) is 19.2. The number of aromatic nitrogens is 5. The monoisotopic (exact) mass is 1450 g/mol. The van der Waals surface area contributed by atoms with E-state index < -0.39 is 76.5 Å². The van der Waals surface area contributed by atoms with Crippen LogP contribution < -0.4 is 35.6 Å². The fourth-order valence-corrected chi connectivity index (χ4v) is 17.1. The highest BCUT2D eigenvalue weighted by atomic mass is 32.1. The number of phenols is 1. The van der Waals surface area contributed by atoms with E-state index in [1.807, 2.05) is 61.5 Å². The second-order valence-electron chi connectivity index (χ2n) is 26.8. The number of hydrogen-bond donors (Lipinski definition) is 6. The number of ether oxygens (including phenoxy) is 2. The second kappa shape index (κ2) is 33.0. The van der Waals surface area contributed by atoms with Crippen LogP contribution >= 0.6 is 27.0 Å². The van der Waals surface area contributed by atoms with Gasteiger partial charge in [-0.3, -0.25) is 47.7 Å². The summed E-state index contributed by atoms with van der Waals surface area (Å²) in [7, 11) is -10.8. The van der Waals surface area contributed by atoms with Crippen LogP contribution in [0.15, 0.2) is 89.0 Å². The number of carbonyl (C=O) groups excluding carboxylic acids is 5. The van der Waals surface area contributed by atoms with Crippen molar-refractivity contribution < 1.29 is 75.4 Å². The molecule has 11 rings (SSSR count). The summed E-state index contributed by atoms with van der Waals surface area (Å²) in [5, 5.41) is 28.7. The van der Waals surface area contributed by atoms with E-state index in [9.17, 15) is 48.0 Å². The van der Waals surface area contributed by atoms with Gasteiger partial charge in [0.15, 0.2) is 11.6 Å². The molecule has 5 aliphatic rings. The van der Waals surface area contributed by atoms with Crippen LogP contribution in [-0.4, -0.2) is 205 Å². The number of para-hydroxylation sites is 1. The molecule has 0 aliphatic carbocycles. The highest BCUT2D eigenvalue weighted by molar-refractivity contribution is 7.61. The molecule has 7 N–H and O–H groups in total. The number of unbranched alkanes of at least 4 members (excludes halogenated alkanes) is 2. The van der Waals surface area contributed by atoms with Crippen LogP contribution in [0.5, 0.6) is 17.5 Å². The Morgan fingerprint density at radius 3 is 2.31 bits per heavy atom. The molecule has 544 valence electrons. The first-order chi connectivity index (χ1) is 48.4. The molecule has 5 unspecified atom stereocenters. The number of imide groups is 1. The number of piperazine rings is 2. The smallest absolute Gasteiger partial charge is 0.481 e. The molecule has 2 aromatic carbocycles. The Kier molecular flexibility index (Phi) is 24.3. The molecule has 33 heteroatoms. The number of anilines is 3. The highest BCUT2D eigenvalue weighted by Crippen LogP contribution is 2.61. The number of nitrogens with zero attached hydrogens (tertiary/aromatic N) is 11. The van der Waals surface area contributed by atoms with E-state index in [1.165, 1.54) is 27.2 Å². The van der Waals surface area contributed by atoms with E-state index in [-0.39, 0.29) is 92.2 Å². The largest absolute Gasteiger partial charge is 0.507 e. The van der Waals surface area contributed by atoms with Crippen LogP contribution in [0.2, 0.25) is 0 Å². The maximum Gasteiger partial charge on any atom is 0.481 e. The topological polar surface area (TPSA) is 373 Å². The van der Waals surface area contributed by atoms with Gasteiger partial charge >= 0.3 is 15.6 Å². The average Bonchev–Trinajstić information content (AvgIpc) is 1.70. The van der Waals surface area contributed by atoms with Crippen molar-refractivity contribution in [1.29, 1.82) is 0 Å². The molecular formula is C68H90N14O16P2S. The number of aryl methyl sites for hydroxylation is 1. The summed E-state index contributed by atoms with van der Waals surface area (Å²) < 4.78 is 59.8. The SMILES string of the molecule is Cc1ncsc1-c1ccc([C@H](C)NC(=O)[C@@H]2C[C@@H](OP(=O)(O)OP(=O)(O)OCCNC(=O)CCCCCN3C(=O)CC(C)C3=O)CN2C(=O)[C@@H](c2cc(OCCN3CCN(CCOc4cc(N5C6CCC5CN(c5cc(-c7ccccc7O)nnc5N)C6)ccn4)[C@H](C)C3)no2)C(C)C)cc1. The van der Waals surface area contributed by atoms with Crippen LogP contribution in [0.1, 0.15) is 115 Å². The van der Waals surface area contributed by atoms with Crippen LogP contribution in [0.3, 0.4) is 0 Å². The molecule has 4 aromatic heterocycles. The number of nitrogen functional groups attached to an aromatic ring is 1. The van der Waals surface area contributed by atoms with Crippen molar-refractivity contribution in [2.75, 3.05) is 101 Å². The van der Waals surface area contributed by atoms with Gasteiger partial charge in [0.1, 0.15) is 30.9 Å². The van der Waals surface area contributed by atoms with Gasteiger partial charge in [-0.25, -0.2) is 19.1 Å². The van der Waals surface area contributed by atoms with E-state index in [0.717, 1.165) is 78.6 Å². The van der Waals surface area contributed by atoms with E-state index in [1.54, 1.807) is 51.5 Å². The van der Waals surface area contributed by atoms with E-state index in [4.69, 9.17) is 28.8 Å². The molecule has 30 nitrogen and oxygen atoms in total. The summed E-state index contributed by atoms with van der Waals surface area (Å²) in [5.41, 5.74) is 13.8. The lowest BCUT2D eigenvalue weighted by atomic mass is 9.91. The lowest BCUT2D eigenvalue weighted by molar-refractivity contribution is -0.141. The number of likely N-dealkylation sites (tertiary alicyclic amines) is 2. The van der Waals surface area contributed by atoms with E-state index in [2.05, 4.69) is 66.8 Å². The molecule has 9 heterocycles. The number of phenolic OH excluding ortho intramolecular Hbond substituents is 1. The normalized spacial score (nSPS) is 22.1. The number of aromatic hydroxyl groups is 1. The van der Waals surface area contributed by atoms with E-state index >= 15 is 0 Å². The number of phosphoric ester groups is 2. The number of nitrogens with one attached hydrogen (secondary N) is 2.